The highest BCUT2D eigenvalue weighted by atomic mass is 35.5. The molecular formula is C17H15ClN4OS. The van der Waals surface area contributed by atoms with Crippen molar-refractivity contribution in [2.75, 3.05) is 5.75 Å². The zero-order chi connectivity index (χ0) is 16.9. The van der Waals surface area contributed by atoms with E-state index < -0.39 is 0 Å². The van der Waals surface area contributed by atoms with E-state index in [2.05, 4.69) is 15.5 Å². The average Bonchev–Trinajstić information content (AvgIpc) is 2.90. The van der Waals surface area contributed by atoms with E-state index in [1.54, 1.807) is 18.3 Å². The van der Waals surface area contributed by atoms with E-state index in [0.717, 1.165) is 21.8 Å². The zero-order valence-electron chi connectivity index (χ0n) is 12.9. The highest BCUT2D eigenvalue weighted by Gasteiger charge is 2.09. The highest BCUT2D eigenvalue weighted by molar-refractivity contribution is 7.99. The Balaban J connectivity index is 1.56. The minimum absolute atomic E-state index is 0.190. The molecule has 0 radical (unpaired) electrons. The molecule has 0 fully saturated rings. The number of carbonyl (C=O) groups excluding carboxylic acids is 1. The van der Waals surface area contributed by atoms with Gasteiger partial charge in [-0.1, -0.05) is 47.6 Å². The first kappa shape index (κ1) is 16.5. The molecule has 0 bridgehead atoms. The molecule has 0 saturated heterocycles. The largest absolute Gasteiger partial charge is 0.322 e. The molecule has 0 aliphatic carbocycles. The number of hydrogen-bond donors (Lipinski definition) is 1. The average molecular weight is 359 g/mol. The topological polar surface area (TPSA) is 59.3 Å². The second-order valence-electron chi connectivity index (χ2n) is 5.08. The number of halogens is 1. The summed E-state index contributed by atoms with van der Waals surface area (Å²) in [5.74, 6) is 0.0506. The van der Waals surface area contributed by atoms with Crippen molar-refractivity contribution >= 4 is 46.5 Å². The van der Waals surface area contributed by atoms with Gasteiger partial charge in [-0.25, -0.2) is 10.4 Å². The number of fused-ring (bicyclic) bond motifs is 1. The predicted molar refractivity (Wildman–Crippen MR) is 98.6 cm³/mol. The van der Waals surface area contributed by atoms with Gasteiger partial charge in [-0.05, 0) is 29.8 Å². The normalized spacial score (nSPS) is 11.2. The third kappa shape index (κ3) is 3.96. The van der Waals surface area contributed by atoms with Crippen LogP contribution in [0.15, 0.2) is 58.8 Å². The fourth-order valence-electron chi connectivity index (χ4n) is 2.18. The van der Waals surface area contributed by atoms with Crippen molar-refractivity contribution in [2.45, 2.75) is 5.16 Å². The molecule has 0 aliphatic heterocycles. The number of hydrazone groups is 1. The van der Waals surface area contributed by atoms with Gasteiger partial charge in [-0.3, -0.25) is 4.79 Å². The van der Waals surface area contributed by atoms with Crippen LogP contribution >= 0.6 is 23.4 Å². The number of para-hydroxylation sites is 2. The van der Waals surface area contributed by atoms with Crippen LogP contribution in [-0.2, 0) is 11.8 Å². The molecule has 122 valence electrons. The van der Waals surface area contributed by atoms with Crippen molar-refractivity contribution in [2.24, 2.45) is 12.1 Å². The quantitative estimate of drug-likeness (QED) is 0.431. The number of aryl methyl sites for hydroxylation is 1. The number of nitrogens with zero attached hydrogens (tertiary/aromatic N) is 3. The van der Waals surface area contributed by atoms with Crippen LogP contribution in [0, 0.1) is 0 Å². The van der Waals surface area contributed by atoms with Crippen molar-refractivity contribution in [3.05, 3.63) is 59.1 Å². The Morgan fingerprint density at radius 3 is 2.96 bits per heavy atom. The van der Waals surface area contributed by atoms with Crippen molar-refractivity contribution in [3.8, 4) is 0 Å². The van der Waals surface area contributed by atoms with E-state index >= 15 is 0 Å². The molecule has 1 heterocycles. The van der Waals surface area contributed by atoms with Crippen molar-refractivity contribution in [1.82, 2.24) is 15.0 Å². The van der Waals surface area contributed by atoms with Crippen molar-refractivity contribution < 1.29 is 4.79 Å². The Kier molecular flexibility index (Phi) is 5.17. The Morgan fingerprint density at radius 2 is 2.17 bits per heavy atom. The lowest BCUT2D eigenvalue weighted by molar-refractivity contribution is -0.118. The molecule has 24 heavy (non-hydrogen) atoms. The lowest BCUT2D eigenvalue weighted by atomic mass is 10.2. The van der Waals surface area contributed by atoms with E-state index in [-0.39, 0.29) is 11.7 Å². The molecule has 0 saturated carbocycles. The third-order valence-electron chi connectivity index (χ3n) is 3.33. The minimum Gasteiger partial charge on any atom is -0.322 e. The summed E-state index contributed by atoms with van der Waals surface area (Å²) in [6.45, 7) is 0. The van der Waals surface area contributed by atoms with Gasteiger partial charge >= 0.3 is 0 Å². The number of amides is 1. The van der Waals surface area contributed by atoms with Gasteiger partial charge < -0.3 is 4.57 Å². The number of rotatable bonds is 5. The first-order valence-corrected chi connectivity index (χ1v) is 8.61. The standard InChI is InChI=1S/C17H15ClN4OS/c1-22-15-8-3-2-7-14(15)20-17(22)24-11-16(23)21-19-10-12-5-4-6-13(18)9-12/h2-10H,11H2,1H3,(H,21,23)/b19-10+. The molecule has 0 spiro atoms. The first-order valence-electron chi connectivity index (χ1n) is 7.25. The summed E-state index contributed by atoms with van der Waals surface area (Å²) >= 11 is 7.26. The fraction of sp³-hybridized carbons (Fsp3) is 0.118. The van der Waals surface area contributed by atoms with Crippen molar-refractivity contribution in [3.63, 3.8) is 0 Å². The molecule has 0 aliphatic rings. The number of thioether (sulfide) groups is 1. The number of benzene rings is 2. The van der Waals surface area contributed by atoms with Crippen LogP contribution in [0.1, 0.15) is 5.56 Å². The summed E-state index contributed by atoms with van der Waals surface area (Å²) in [4.78, 5) is 16.4. The van der Waals surface area contributed by atoms with Crippen LogP contribution in [-0.4, -0.2) is 27.4 Å². The fourth-order valence-corrected chi connectivity index (χ4v) is 3.16. The van der Waals surface area contributed by atoms with Gasteiger partial charge in [0.25, 0.3) is 5.91 Å². The smallest absolute Gasteiger partial charge is 0.250 e. The lowest BCUT2D eigenvalue weighted by Gasteiger charge is -2.01. The van der Waals surface area contributed by atoms with Crippen LogP contribution in [0.4, 0.5) is 0 Å². The number of hydrogen-bond acceptors (Lipinski definition) is 4. The summed E-state index contributed by atoms with van der Waals surface area (Å²) in [6, 6.07) is 15.1. The number of nitrogens with one attached hydrogen (secondary N) is 1. The van der Waals surface area contributed by atoms with E-state index in [1.165, 1.54) is 11.8 Å². The van der Waals surface area contributed by atoms with E-state index in [1.807, 2.05) is 48.0 Å². The van der Waals surface area contributed by atoms with Crippen LogP contribution in [0.2, 0.25) is 5.02 Å². The van der Waals surface area contributed by atoms with Gasteiger partial charge in [-0.15, -0.1) is 0 Å². The Bertz CT molecular complexity index is 906. The maximum absolute atomic E-state index is 11.9. The molecule has 1 amide bonds. The molecule has 0 atom stereocenters. The third-order valence-corrected chi connectivity index (χ3v) is 4.59. The van der Waals surface area contributed by atoms with E-state index in [9.17, 15) is 4.79 Å². The van der Waals surface area contributed by atoms with Gasteiger partial charge in [0, 0.05) is 12.1 Å². The molecule has 1 N–H and O–H groups in total. The van der Waals surface area contributed by atoms with Gasteiger partial charge in [0.05, 0.1) is 23.0 Å². The monoisotopic (exact) mass is 358 g/mol. The van der Waals surface area contributed by atoms with Crippen LogP contribution < -0.4 is 5.43 Å². The summed E-state index contributed by atoms with van der Waals surface area (Å²) < 4.78 is 1.97. The number of aromatic nitrogens is 2. The molecule has 3 aromatic rings. The summed E-state index contributed by atoms with van der Waals surface area (Å²) in [6.07, 6.45) is 1.56. The van der Waals surface area contributed by atoms with Crippen LogP contribution in [0.5, 0.6) is 0 Å². The Morgan fingerprint density at radius 1 is 1.33 bits per heavy atom. The van der Waals surface area contributed by atoms with Crippen LogP contribution in [0.3, 0.4) is 0 Å². The molecule has 3 rings (SSSR count). The summed E-state index contributed by atoms with van der Waals surface area (Å²) in [7, 11) is 1.94. The molecule has 1 aromatic heterocycles. The molecule has 5 nitrogen and oxygen atoms in total. The maximum Gasteiger partial charge on any atom is 0.250 e. The van der Waals surface area contributed by atoms with Crippen molar-refractivity contribution in [1.29, 1.82) is 0 Å². The van der Waals surface area contributed by atoms with Gasteiger partial charge in [-0.2, -0.15) is 5.10 Å². The summed E-state index contributed by atoms with van der Waals surface area (Å²) in [5, 5.41) is 5.36. The SMILES string of the molecule is Cn1c(SCC(=O)N/N=C/c2cccc(Cl)c2)nc2ccccc21. The molecule has 7 heteroatoms. The second kappa shape index (κ2) is 7.51. The highest BCUT2D eigenvalue weighted by Crippen LogP contribution is 2.22. The Hall–Kier alpha value is -2.31. The zero-order valence-corrected chi connectivity index (χ0v) is 14.5. The van der Waals surface area contributed by atoms with E-state index in [4.69, 9.17) is 11.6 Å². The number of imidazole rings is 1. The molecular weight excluding hydrogens is 344 g/mol. The number of carbonyl (C=O) groups is 1. The van der Waals surface area contributed by atoms with Gasteiger partial charge in [0.1, 0.15) is 0 Å². The predicted octanol–water partition coefficient (Wildman–Crippen LogP) is 3.47. The minimum atomic E-state index is -0.190. The van der Waals surface area contributed by atoms with E-state index in [0.29, 0.717) is 5.02 Å². The first-order chi connectivity index (χ1) is 11.6. The second-order valence-corrected chi connectivity index (χ2v) is 6.46. The Labute approximate surface area is 148 Å². The van der Waals surface area contributed by atoms with Gasteiger partial charge in [0.15, 0.2) is 5.16 Å². The maximum atomic E-state index is 11.9. The van der Waals surface area contributed by atoms with Crippen LogP contribution in [0.25, 0.3) is 11.0 Å². The van der Waals surface area contributed by atoms with Gasteiger partial charge in [0.2, 0.25) is 0 Å². The lowest BCUT2D eigenvalue weighted by Crippen LogP contribution is -2.19. The summed E-state index contributed by atoms with van der Waals surface area (Å²) in [5.41, 5.74) is 5.29. The molecule has 0 unspecified atom stereocenters. The molecule has 2 aromatic carbocycles.